The molecule has 2 aromatic carbocycles. The van der Waals surface area contributed by atoms with Crippen LogP contribution >= 0.6 is 0 Å². The van der Waals surface area contributed by atoms with E-state index in [9.17, 15) is 0 Å². The molecule has 0 saturated heterocycles. The highest BCUT2D eigenvalue weighted by atomic mass is 15.0. The summed E-state index contributed by atoms with van der Waals surface area (Å²) in [7, 11) is 2.04. The summed E-state index contributed by atoms with van der Waals surface area (Å²) in [6.07, 6.45) is 7.19. The van der Waals surface area contributed by atoms with E-state index in [0.29, 0.717) is 6.04 Å². The predicted octanol–water partition coefficient (Wildman–Crippen LogP) is 4.27. The molecule has 0 aliphatic rings. The van der Waals surface area contributed by atoms with Gasteiger partial charge < -0.3 is 9.88 Å². The van der Waals surface area contributed by atoms with Crippen LogP contribution in [0.25, 0.3) is 0 Å². The standard InChI is InChI=1S/C21H25N3/c1-24-17-22-15-20(24)16-23-21(19-12-6-3-7-13-19)14-8-11-18-9-4-2-5-10-18/h2-7,9-10,12-13,15,17,21,23H,8,11,14,16H2,1H3. The number of aromatic nitrogens is 2. The molecule has 0 aliphatic heterocycles. The summed E-state index contributed by atoms with van der Waals surface area (Å²) in [5.74, 6) is 0. The average molecular weight is 319 g/mol. The van der Waals surface area contributed by atoms with Crippen LogP contribution in [0.1, 0.15) is 35.7 Å². The second kappa shape index (κ2) is 8.46. The first-order chi connectivity index (χ1) is 11.8. The molecule has 0 spiro atoms. The largest absolute Gasteiger partial charge is 0.337 e. The summed E-state index contributed by atoms with van der Waals surface area (Å²) in [5, 5.41) is 3.70. The van der Waals surface area contributed by atoms with Crippen LogP contribution in [-0.4, -0.2) is 9.55 Å². The first-order valence-electron chi connectivity index (χ1n) is 8.60. The Morgan fingerprint density at radius 3 is 2.38 bits per heavy atom. The summed E-state index contributed by atoms with van der Waals surface area (Å²) < 4.78 is 2.07. The molecular formula is C21H25N3. The maximum absolute atomic E-state index is 4.20. The van der Waals surface area contributed by atoms with Crippen molar-refractivity contribution in [3.8, 4) is 0 Å². The summed E-state index contributed by atoms with van der Waals surface area (Å²) in [6.45, 7) is 0.835. The van der Waals surface area contributed by atoms with Crippen molar-refractivity contribution in [1.29, 1.82) is 0 Å². The highest BCUT2D eigenvalue weighted by Crippen LogP contribution is 2.20. The van der Waals surface area contributed by atoms with E-state index in [4.69, 9.17) is 0 Å². The summed E-state index contributed by atoms with van der Waals surface area (Å²) in [4.78, 5) is 4.20. The van der Waals surface area contributed by atoms with Crippen molar-refractivity contribution in [2.75, 3.05) is 0 Å². The molecular weight excluding hydrogens is 294 g/mol. The fourth-order valence-corrected chi connectivity index (χ4v) is 3.01. The molecule has 1 N–H and O–H groups in total. The SMILES string of the molecule is Cn1cncc1CNC(CCCc1ccccc1)c1ccccc1. The van der Waals surface area contributed by atoms with E-state index in [-0.39, 0.29) is 0 Å². The fraction of sp³-hybridized carbons (Fsp3) is 0.286. The van der Waals surface area contributed by atoms with Crippen molar-refractivity contribution < 1.29 is 0 Å². The van der Waals surface area contributed by atoms with Gasteiger partial charge in [0, 0.05) is 25.8 Å². The van der Waals surface area contributed by atoms with Gasteiger partial charge >= 0.3 is 0 Å². The van der Waals surface area contributed by atoms with Gasteiger partial charge in [-0.15, -0.1) is 0 Å². The molecule has 3 aromatic rings. The Morgan fingerprint density at radius 1 is 1.00 bits per heavy atom. The normalized spacial score (nSPS) is 12.2. The third-order valence-corrected chi connectivity index (χ3v) is 4.45. The number of imidazole rings is 1. The van der Waals surface area contributed by atoms with E-state index in [1.807, 2.05) is 19.6 Å². The third kappa shape index (κ3) is 4.56. The van der Waals surface area contributed by atoms with Crippen LogP contribution in [0.4, 0.5) is 0 Å². The first-order valence-corrected chi connectivity index (χ1v) is 8.60. The number of hydrogen-bond acceptors (Lipinski definition) is 2. The number of nitrogens with one attached hydrogen (secondary N) is 1. The number of rotatable bonds is 8. The quantitative estimate of drug-likeness (QED) is 0.672. The second-order valence-corrected chi connectivity index (χ2v) is 6.22. The molecule has 1 heterocycles. The summed E-state index contributed by atoms with van der Waals surface area (Å²) >= 11 is 0. The van der Waals surface area contributed by atoms with Gasteiger partial charge in [0.1, 0.15) is 0 Å². The van der Waals surface area contributed by atoms with Crippen LogP contribution in [0.15, 0.2) is 73.2 Å². The minimum atomic E-state index is 0.366. The van der Waals surface area contributed by atoms with E-state index in [2.05, 4.69) is 75.5 Å². The van der Waals surface area contributed by atoms with Crippen molar-refractivity contribution in [2.45, 2.75) is 31.8 Å². The zero-order valence-electron chi connectivity index (χ0n) is 14.2. The van der Waals surface area contributed by atoms with Gasteiger partial charge in [-0.05, 0) is 30.4 Å². The van der Waals surface area contributed by atoms with Gasteiger partial charge in [-0.3, -0.25) is 0 Å². The third-order valence-electron chi connectivity index (χ3n) is 4.45. The van der Waals surface area contributed by atoms with Gasteiger partial charge in [0.2, 0.25) is 0 Å². The Labute approximate surface area is 144 Å². The smallest absolute Gasteiger partial charge is 0.0945 e. The first kappa shape index (κ1) is 16.5. The maximum atomic E-state index is 4.20. The molecule has 0 radical (unpaired) electrons. The average Bonchev–Trinajstić information content (AvgIpc) is 3.04. The van der Waals surface area contributed by atoms with Gasteiger partial charge in [-0.25, -0.2) is 4.98 Å². The van der Waals surface area contributed by atoms with Crippen molar-refractivity contribution in [3.63, 3.8) is 0 Å². The van der Waals surface area contributed by atoms with Crippen molar-refractivity contribution in [3.05, 3.63) is 90.0 Å². The molecule has 24 heavy (non-hydrogen) atoms. The Hall–Kier alpha value is -2.39. The lowest BCUT2D eigenvalue weighted by Crippen LogP contribution is -2.22. The molecule has 3 nitrogen and oxygen atoms in total. The lowest BCUT2D eigenvalue weighted by atomic mass is 9.99. The molecule has 1 aromatic heterocycles. The van der Waals surface area contributed by atoms with E-state index in [0.717, 1.165) is 19.4 Å². The highest BCUT2D eigenvalue weighted by molar-refractivity contribution is 5.19. The zero-order chi connectivity index (χ0) is 16.6. The zero-order valence-corrected chi connectivity index (χ0v) is 14.2. The molecule has 1 unspecified atom stereocenters. The molecule has 3 heteroatoms. The minimum Gasteiger partial charge on any atom is -0.337 e. The van der Waals surface area contributed by atoms with E-state index in [1.54, 1.807) is 0 Å². The monoisotopic (exact) mass is 319 g/mol. The number of nitrogens with zero attached hydrogens (tertiary/aromatic N) is 2. The Bertz CT molecular complexity index is 719. The molecule has 124 valence electrons. The number of hydrogen-bond donors (Lipinski definition) is 1. The lowest BCUT2D eigenvalue weighted by molar-refractivity contribution is 0.476. The van der Waals surface area contributed by atoms with Crippen LogP contribution in [0.2, 0.25) is 0 Å². The molecule has 0 amide bonds. The molecule has 0 saturated carbocycles. The van der Waals surface area contributed by atoms with Gasteiger partial charge in [0.25, 0.3) is 0 Å². The second-order valence-electron chi connectivity index (χ2n) is 6.22. The van der Waals surface area contributed by atoms with E-state index in [1.165, 1.54) is 23.2 Å². The number of aryl methyl sites for hydroxylation is 2. The summed E-state index contributed by atoms with van der Waals surface area (Å²) in [5.41, 5.74) is 3.97. The molecule has 0 fully saturated rings. The molecule has 1 atom stereocenters. The van der Waals surface area contributed by atoms with Gasteiger partial charge in [0.05, 0.1) is 12.0 Å². The Balaban J connectivity index is 1.60. The van der Waals surface area contributed by atoms with Gasteiger partial charge in [-0.1, -0.05) is 60.7 Å². The van der Waals surface area contributed by atoms with E-state index < -0.39 is 0 Å². The van der Waals surface area contributed by atoms with Crippen LogP contribution in [0.3, 0.4) is 0 Å². The van der Waals surface area contributed by atoms with Crippen molar-refractivity contribution in [2.24, 2.45) is 7.05 Å². The van der Waals surface area contributed by atoms with E-state index >= 15 is 0 Å². The Kier molecular flexibility index (Phi) is 5.80. The number of benzene rings is 2. The van der Waals surface area contributed by atoms with Crippen LogP contribution in [0.5, 0.6) is 0 Å². The van der Waals surface area contributed by atoms with Gasteiger partial charge in [-0.2, -0.15) is 0 Å². The van der Waals surface area contributed by atoms with Crippen molar-refractivity contribution in [1.82, 2.24) is 14.9 Å². The molecule has 3 rings (SSSR count). The topological polar surface area (TPSA) is 29.9 Å². The highest BCUT2D eigenvalue weighted by Gasteiger charge is 2.11. The van der Waals surface area contributed by atoms with Crippen molar-refractivity contribution >= 4 is 0 Å². The van der Waals surface area contributed by atoms with Crippen LogP contribution in [-0.2, 0) is 20.0 Å². The maximum Gasteiger partial charge on any atom is 0.0945 e. The Morgan fingerprint density at radius 2 is 1.71 bits per heavy atom. The lowest BCUT2D eigenvalue weighted by Gasteiger charge is -2.19. The molecule has 0 aliphatic carbocycles. The van der Waals surface area contributed by atoms with Gasteiger partial charge in [0.15, 0.2) is 0 Å². The fourth-order valence-electron chi connectivity index (χ4n) is 3.01. The minimum absolute atomic E-state index is 0.366. The summed E-state index contributed by atoms with van der Waals surface area (Å²) in [6, 6.07) is 21.8. The molecule has 0 bridgehead atoms. The van der Waals surface area contributed by atoms with Crippen LogP contribution in [0, 0.1) is 0 Å². The predicted molar refractivity (Wildman–Crippen MR) is 98.6 cm³/mol. The van der Waals surface area contributed by atoms with Crippen LogP contribution < -0.4 is 5.32 Å².